The molecular formula is C16H16N2S. The van der Waals surface area contributed by atoms with Gasteiger partial charge in [0.25, 0.3) is 0 Å². The second-order valence-corrected chi connectivity index (χ2v) is 5.72. The summed E-state index contributed by atoms with van der Waals surface area (Å²) in [5.74, 6) is 0. The number of anilines is 1. The molecule has 96 valence electrons. The smallest absolute Gasteiger partial charge is 0.178 e. The van der Waals surface area contributed by atoms with Gasteiger partial charge in [-0.2, -0.15) is 0 Å². The van der Waals surface area contributed by atoms with Crippen LogP contribution in [0.3, 0.4) is 0 Å². The second-order valence-electron chi connectivity index (χ2n) is 5.34. The van der Waals surface area contributed by atoms with Gasteiger partial charge in [0.2, 0.25) is 0 Å². The summed E-state index contributed by atoms with van der Waals surface area (Å²) in [5, 5.41) is 6.51. The molecule has 0 aliphatic carbocycles. The summed E-state index contributed by atoms with van der Waals surface area (Å²) in [5.41, 5.74) is 1.03. The van der Waals surface area contributed by atoms with E-state index in [0.29, 0.717) is 0 Å². The van der Waals surface area contributed by atoms with Crippen molar-refractivity contribution in [2.24, 2.45) is 0 Å². The molecular weight excluding hydrogens is 252 g/mol. The van der Waals surface area contributed by atoms with Crippen molar-refractivity contribution in [3.63, 3.8) is 0 Å². The molecule has 0 radical (unpaired) electrons. The fourth-order valence-electron chi connectivity index (χ4n) is 2.31. The van der Waals surface area contributed by atoms with Crippen LogP contribution in [0, 0.1) is 0 Å². The molecule has 0 saturated heterocycles. The van der Waals surface area contributed by atoms with E-state index in [1.165, 1.54) is 10.8 Å². The number of benzene rings is 2. The monoisotopic (exact) mass is 268 g/mol. The van der Waals surface area contributed by atoms with Gasteiger partial charge in [-0.1, -0.05) is 36.4 Å². The van der Waals surface area contributed by atoms with Crippen LogP contribution >= 0.6 is 12.2 Å². The van der Waals surface area contributed by atoms with Gasteiger partial charge in [0.15, 0.2) is 5.11 Å². The van der Waals surface area contributed by atoms with Crippen molar-refractivity contribution < 1.29 is 0 Å². The second kappa shape index (κ2) is 4.35. The van der Waals surface area contributed by atoms with Crippen LogP contribution < -0.4 is 10.2 Å². The predicted octanol–water partition coefficient (Wildman–Crippen LogP) is 3.83. The average molecular weight is 268 g/mol. The maximum absolute atomic E-state index is 5.48. The third-order valence-corrected chi connectivity index (χ3v) is 3.61. The Labute approximate surface area is 118 Å². The van der Waals surface area contributed by atoms with Crippen molar-refractivity contribution in [1.82, 2.24) is 5.32 Å². The summed E-state index contributed by atoms with van der Waals surface area (Å²) in [7, 11) is 0. The molecule has 3 rings (SSSR count). The summed E-state index contributed by atoms with van der Waals surface area (Å²) < 4.78 is 0. The van der Waals surface area contributed by atoms with Crippen LogP contribution in [0.25, 0.3) is 10.8 Å². The molecule has 1 N–H and O–H groups in total. The molecule has 0 spiro atoms. The van der Waals surface area contributed by atoms with Gasteiger partial charge in [-0.3, -0.25) is 4.90 Å². The Hall–Kier alpha value is -1.87. The predicted molar refractivity (Wildman–Crippen MR) is 85.4 cm³/mol. The lowest BCUT2D eigenvalue weighted by Crippen LogP contribution is -2.51. The SMILES string of the molecule is CC1(C)C=CN(c2cccc3ccccc23)C(=S)N1. The van der Waals surface area contributed by atoms with Crippen molar-refractivity contribution in [2.75, 3.05) is 4.90 Å². The molecule has 0 saturated carbocycles. The molecule has 0 fully saturated rings. The van der Waals surface area contributed by atoms with Gasteiger partial charge in [0.1, 0.15) is 0 Å². The van der Waals surface area contributed by atoms with Crippen molar-refractivity contribution in [1.29, 1.82) is 0 Å². The van der Waals surface area contributed by atoms with E-state index in [4.69, 9.17) is 12.2 Å². The number of thiocarbonyl (C=S) groups is 1. The fraction of sp³-hybridized carbons (Fsp3) is 0.188. The zero-order chi connectivity index (χ0) is 13.5. The van der Waals surface area contributed by atoms with Gasteiger partial charge in [-0.05, 0) is 43.6 Å². The summed E-state index contributed by atoms with van der Waals surface area (Å²) in [4.78, 5) is 2.03. The molecule has 1 aliphatic rings. The van der Waals surface area contributed by atoms with Crippen molar-refractivity contribution in [3.05, 3.63) is 54.7 Å². The highest BCUT2D eigenvalue weighted by molar-refractivity contribution is 7.80. The minimum Gasteiger partial charge on any atom is -0.354 e. The van der Waals surface area contributed by atoms with E-state index in [1.54, 1.807) is 0 Å². The van der Waals surface area contributed by atoms with E-state index in [-0.39, 0.29) is 5.54 Å². The average Bonchev–Trinajstić information content (AvgIpc) is 2.37. The normalized spacial score (nSPS) is 17.6. The number of nitrogens with zero attached hydrogens (tertiary/aromatic N) is 1. The van der Waals surface area contributed by atoms with E-state index in [9.17, 15) is 0 Å². The first-order valence-corrected chi connectivity index (χ1v) is 6.76. The molecule has 0 amide bonds. The zero-order valence-corrected chi connectivity index (χ0v) is 11.9. The van der Waals surface area contributed by atoms with E-state index in [1.807, 2.05) is 4.90 Å². The maximum Gasteiger partial charge on any atom is 0.178 e. The van der Waals surface area contributed by atoms with Crippen LogP contribution in [0.5, 0.6) is 0 Å². The van der Waals surface area contributed by atoms with E-state index in [0.717, 1.165) is 10.8 Å². The van der Waals surface area contributed by atoms with Gasteiger partial charge in [0.05, 0.1) is 11.2 Å². The highest BCUT2D eigenvalue weighted by Gasteiger charge is 2.24. The highest BCUT2D eigenvalue weighted by atomic mass is 32.1. The molecule has 0 aromatic heterocycles. The Bertz CT molecular complexity index is 668. The summed E-state index contributed by atoms with van der Waals surface area (Å²) >= 11 is 5.48. The first kappa shape index (κ1) is 12.2. The summed E-state index contributed by atoms with van der Waals surface area (Å²) in [6.07, 6.45) is 4.19. The van der Waals surface area contributed by atoms with Gasteiger partial charge in [0, 0.05) is 11.6 Å². The Kier molecular flexibility index (Phi) is 2.79. The Balaban J connectivity index is 2.13. The van der Waals surface area contributed by atoms with Gasteiger partial charge in [-0.15, -0.1) is 0 Å². The number of rotatable bonds is 1. The number of fused-ring (bicyclic) bond motifs is 1. The minimum atomic E-state index is -0.0852. The summed E-state index contributed by atoms with van der Waals surface area (Å²) in [6.45, 7) is 4.21. The molecule has 19 heavy (non-hydrogen) atoms. The third kappa shape index (κ3) is 2.22. The van der Waals surface area contributed by atoms with Crippen LogP contribution in [0.15, 0.2) is 54.7 Å². The topological polar surface area (TPSA) is 15.3 Å². The van der Waals surface area contributed by atoms with Crippen molar-refractivity contribution in [3.8, 4) is 0 Å². The van der Waals surface area contributed by atoms with Crippen LogP contribution in [-0.4, -0.2) is 10.7 Å². The Morgan fingerprint density at radius 3 is 2.58 bits per heavy atom. The summed E-state index contributed by atoms with van der Waals surface area (Å²) in [6, 6.07) is 14.6. The zero-order valence-electron chi connectivity index (χ0n) is 11.1. The maximum atomic E-state index is 5.48. The number of hydrogen-bond donors (Lipinski definition) is 1. The molecule has 0 bridgehead atoms. The van der Waals surface area contributed by atoms with E-state index < -0.39 is 0 Å². The number of nitrogens with one attached hydrogen (secondary N) is 1. The van der Waals surface area contributed by atoms with E-state index >= 15 is 0 Å². The Morgan fingerprint density at radius 2 is 1.79 bits per heavy atom. The molecule has 0 unspecified atom stereocenters. The van der Waals surface area contributed by atoms with Crippen LogP contribution in [0.1, 0.15) is 13.8 Å². The van der Waals surface area contributed by atoms with Crippen molar-refractivity contribution in [2.45, 2.75) is 19.4 Å². The molecule has 2 nitrogen and oxygen atoms in total. The Morgan fingerprint density at radius 1 is 1.05 bits per heavy atom. The molecule has 1 heterocycles. The first-order chi connectivity index (χ1) is 9.07. The van der Waals surface area contributed by atoms with Gasteiger partial charge in [-0.25, -0.2) is 0 Å². The lowest BCUT2D eigenvalue weighted by Gasteiger charge is -2.35. The van der Waals surface area contributed by atoms with Crippen LogP contribution in [0.4, 0.5) is 5.69 Å². The molecule has 0 atom stereocenters. The van der Waals surface area contributed by atoms with Crippen LogP contribution in [-0.2, 0) is 0 Å². The first-order valence-electron chi connectivity index (χ1n) is 6.35. The molecule has 3 heteroatoms. The largest absolute Gasteiger partial charge is 0.354 e. The molecule has 2 aromatic carbocycles. The van der Waals surface area contributed by atoms with Crippen LogP contribution in [0.2, 0.25) is 0 Å². The van der Waals surface area contributed by atoms with Crippen molar-refractivity contribution >= 4 is 33.8 Å². The van der Waals surface area contributed by atoms with E-state index in [2.05, 4.69) is 73.9 Å². The quantitative estimate of drug-likeness (QED) is 0.791. The number of hydrogen-bond acceptors (Lipinski definition) is 1. The lowest BCUT2D eigenvalue weighted by atomic mass is 10.0. The van der Waals surface area contributed by atoms with Gasteiger partial charge >= 0.3 is 0 Å². The molecule has 1 aliphatic heterocycles. The van der Waals surface area contributed by atoms with Gasteiger partial charge < -0.3 is 5.32 Å². The highest BCUT2D eigenvalue weighted by Crippen LogP contribution is 2.29. The minimum absolute atomic E-state index is 0.0852. The lowest BCUT2D eigenvalue weighted by molar-refractivity contribution is 0.567. The molecule has 2 aromatic rings. The fourth-order valence-corrected chi connectivity index (χ4v) is 2.74. The third-order valence-electron chi connectivity index (χ3n) is 3.31. The standard InChI is InChI=1S/C16H16N2S/c1-16(2)10-11-18(15(19)17-16)14-9-5-7-12-6-3-4-8-13(12)14/h3-11H,1-2H3,(H,17,19).